The van der Waals surface area contributed by atoms with E-state index in [1.54, 1.807) is 6.07 Å². The lowest BCUT2D eigenvalue weighted by atomic mass is 10.0. The fraction of sp³-hybridized carbons (Fsp3) is 0.385. The normalized spacial score (nSPS) is 11.5. The first-order valence-electron chi connectivity index (χ1n) is 5.21. The standard InChI is InChI=1S/C13H14F3/c1-3-5-6-11-7-10(4-2)8-12(9-11)13(14,15)16/h7-9H,2-3,5-6H2,1H3. The third kappa shape index (κ3) is 3.40. The maximum Gasteiger partial charge on any atom is 0.416 e. The van der Waals surface area contributed by atoms with E-state index in [1.807, 2.05) is 6.92 Å². The topological polar surface area (TPSA) is 0 Å². The predicted octanol–water partition coefficient (Wildman–Crippen LogP) is 4.39. The van der Waals surface area contributed by atoms with Crippen LogP contribution in [0.3, 0.4) is 0 Å². The highest BCUT2D eigenvalue weighted by molar-refractivity contribution is 5.34. The summed E-state index contributed by atoms with van der Waals surface area (Å²) < 4.78 is 37.7. The Hall–Kier alpha value is -1.25. The number of aryl methyl sites for hydroxylation is 1. The zero-order valence-corrected chi connectivity index (χ0v) is 9.19. The molecule has 0 atom stereocenters. The van der Waals surface area contributed by atoms with Gasteiger partial charge in [0.15, 0.2) is 0 Å². The van der Waals surface area contributed by atoms with Crippen LogP contribution in [0.1, 0.15) is 36.5 Å². The largest absolute Gasteiger partial charge is 0.416 e. The summed E-state index contributed by atoms with van der Waals surface area (Å²) in [5, 5.41) is 0. The molecule has 1 radical (unpaired) electrons. The van der Waals surface area contributed by atoms with E-state index in [0.29, 0.717) is 17.5 Å². The van der Waals surface area contributed by atoms with Crippen LogP contribution in [0.15, 0.2) is 24.8 Å². The number of halogens is 3. The molecule has 0 saturated carbocycles. The molecule has 0 aliphatic heterocycles. The number of benzene rings is 1. The van der Waals surface area contributed by atoms with Gasteiger partial charge in [-0.15, -0.1) is 0 Å². The van der Waals surface area contributed by atoms with Crippen molar-refractivity contribution >= 4 is 0 Å². The minimum absolute atomic E-state index is 0.404. The van der Waals surface area contributed by atoms with E-state index in [1.165, 1.54) is 6.07 Å². The molecule has 3 heteroatoms. The Morgan fingerprint density at radius 1 is 1.25 bits per heavy atom. The fourth-order valence-corrected chi connectivity index (χ4v) is 1.48. The molecule has 0 fully saturated rings. The molecule has 0 aliphatic rings. The Morgan fingerprint density at radius 3 is 2.44 bits per heavy atom. The minimum atomic E-state index is -4.30. The van der Waals surface area contributed by atoms with E-state index >= 15 is 0 Å². The summed E-state index contributed by atoms with van der Waals surface area (Å²) in [4.78, 5) is 0. The summed E-state index contributed by atoms with van der Waals surface area (Å²) in [6.45, 7) is 5.39. The highest BCUT2D eigenvalue weighted by atomic mass is 19.4. The van der Waals surface area contributed by atoms with Crippen LogP contribution < -0.4 is 0 Å². The van der Waals surface area contributed by atoms with Crippen molar-refractivity contribution in [2.24, 2.45) is 0 Å². The van der Waals surface area contributed by atoms with E-state index in [-0.39, 0.29) is 0 Å². The van der Waals surface area contributed by atoms with Gasteiger partial charge in [-0.3, -0.25) is 0 Å². The van der Waals surface area contributed by atoms with Gasteiger partial charge in [-0.25, -0.2) is 0 Å². The molecule has 0 aliphatic carbocycles. The van der Waals surface area contributed by atoms with Crippen molar-refractivity contribution in [2.75, 3.05) is 0 Å². The maximum atomic E-state index is 12.6. The molecule has 87 valence electrons. The van der Waals surface area contributed by atoms with Crippen molar-refractivity contribution in [3.63, 3.8) is 0 Å². The summed E-state index contributed by atoms with van der Waals surface area (Å²) in [6, 6.07) is 3.98. The number of rotatable bonds is 4. The van der Waals surface area contributed by atoms with Crippen molar-refractivity contribution in [3.05, 3.63) is 47.5 Å². The second-order valence-corrected chi connectivity index (χ2v) is 3.70. The van der Waals surface area contributed by atoms with Gasteiger partial charge in [0.05, 0.1) is 5.56 Å². The highest BCUT2D eigenvalue weighted by Gasteiger charge is 2.30. The molecule has 0 saturated heterocycles. The van der Waals surface area contributed by atoms with Gasteiger partial charge in [0.2, 0.25) is 0 Å². The Labute approximate surface area is 93.8 Å². The van der Waals surface area contributed by atoms with Gasteiger partial charge in [0.25, 0.3) is 0 Å². The van der Waals surface area contributed by atoms with Gasteiger partial charge >= 0.3 is 6.18 Å². The third-order valence-corrected chi connectivity index (χ3v) is 2.34. The zero-order valence-electron chi connectivity index (χ0n) is 9.19. The van der Waals surface area contributed by atoms with Gasteiger partial charge < -0.3 is 0 Å². The molecule has 16 heavy (non-hydrogen) atoms. The van der Waals surface area contributed by atoms with Crippen LogP contribution in [-0.4, -0.2) is 0 Å². The Bertz CT molecular complexity index is 364. The highest BCUT2D eigenvalue weighted by Crippen LogP contribution is 2.31. The molecule has 1 rings (SSSR count). The summed E-state index contributed by atoms with van der Waals surface area (Å²) in [5.74, 6) is 0. The van der Waals surface area contributed by atoms with Crippen LogP contribution in [0, 0.1) is 6.08 Å². The smallest absolute Gasteiger partial charge is 0.166 e. The average Bonchev–Trinajstić information content (AvgIpc) is 2.24. The molecule has 0 spiro atoms. The van der Waals surface area contributed by atoms with Crippen molar-refractivity contribution in [3.8, 4) is 0 Å². The first-order chi connectivity index (χ1) is 7.47. The van der Waals surface area contributed by atoms with E-state index < -0.39 is 11.7 Å². The summed E-state index contributed by atoms with van der Waals surface area (Å²) >= 11 is 0. The second kappa shape index (κ2) is 5.19. The predicted molar refractivity (Wildman–Crippen MR) is 58.0 cm³/mol. The van der Waals surface area contributed by atoms with Gasteiger partial charge in [0, 0.05) is 0 Å². The third-order valence-electron chi connectivity index (χ3n) is 2.34. The van der Waals surface area contributed by atoms with Crippen molar-refractivity contribution in [1.82, 2.24) is 0 Å². The van der Waals surface area contributed by atoms with E-state index in [2.05, 4.69) is 12.7 Å². The lowest BCUT2D eigenvalue weighted by Crippen LogP contribution is -2.06. The lowest BCUT2D eigenvalue weighted by Gasteiger charge is -2.10. The number of unbranched alkanes of at least 4 members (excludes halogenated alkanes) is 1. The van der Waals surface area contributed by atoms with Gasteiger partial charge in [0.1, 0.15) is 0 Å². The van der Waals surface area contributed by atoms with Crippen molar-refractivity contribution < 1.29 is 13.2 Å². The zero-order chi connectivity index (χ0) is 12.2. The van der Waals surface area contributed by atoms with Crippen LogP contribution in [0.2, 0.25) is 0 Å². The van der Waals surface area contributed by atoms with Crippen molar-refractivity contribution in [1.29, 1.82) is 0 Å². The van der Waals surface area contributed by atoms with E-state index in [4.69, 9.17) is 0 Å². The molecule has 1 aromatic rings. The van der Waals surface area contributed by atoms with E-state index in [9.17, 15) is 13.2 Å². The van der Waals surface area contributed by atoms with Gasteiger partial charge in [-0.05, 0) is 42.2 Å². The minimum Gasteiger partial charge on any atom is -0.166 e. The molecule has 0 nitrogen and oxygen atoms in total. The summed E-state index contributed by atoms with van der Waals surface area (Å²) in [7, 11) is 0. The molecule has 0 aromatic heterocycles. The molecule has 0 N–H and O–H groups in total. The van der Waals surface area contributed by atoms with Gasteiger partial charge in [-0.2, -0.15) is 13.2 Å². The number of hydrogen-bond donors (Lipinski definition) is 0. The molecule has 0 heterocycles. The van der Waals surface area contributed by atoms with Crippen LogP contribution in [0.25, 0.3) is 0 Å². The SMILES string of the molecule is C=[C]c1cc(CCCC)cc(C(F)(F)F)c1. The summed E-state index contributed by atoms with van der Waals surface area (Å²) in [6.07, 6.45) is 0.719. The fourth-order valence-electron chi connectivity index (χ4n) is 1.48. The van der Waals surface area contributed by atoms with Crippen LogP contribution in [0.5, 0.6) is 0 Å². The Balaban J connectivity index is 3.06. The molecular formula is C13H14F3. The quantitative estimate of drug-likeness (QED) is 0.715. The van der Waals surface area contributed by atoms with Gasteiger partial charge in [-0.1, -0.05) is 26.0 Å². The average molecular weight is 227 g/mol. The first-order valence-corrected chi connectivity index (χ1v) is 5.21. The van der Waals surface area contributed by atoms with Crippen LogP contribution in [0.4, 0.5) is 13.2 Å². The lowest BCUT2D eigenvalue weighted by molar-refractivity contribution is -0.137. The Kier molecular flexibility index (Phi) is 4.16. The van der Waals surface area contributed by atoms with Crippen LogP contribution >= 0.6 is 0 Å². The molecule has 0 unspecified atom stereocenters. The molecular weight excluding hydrogens is 213 g/mol. The number of hydrogen-bond acceptors (Lipinski definition) is 0. The Morgan fingerprint density at radius 2 is 1.94 bits per heavy atom. The monoisotopic (exact) mass is 227 g/mol. The van der Waals surface area contributed by atoms with Crippen LogP contribution in [-0.2, 0) is 12.6 Å². The molecule has 0 bridgehead atoms. The number of alkyl halides is 3. The summed E-state index contributed by atoms with van der Waals surface area (Å²) in [5.41, 5.74) is 0.482. The first kappa shape index (κ1) is 12.8. The van der Waals surface area contributed by atoms with E-state index in [0.717, 1.165) is 18.9 Å². The second-order valence-electron chi connectivity index (χ2n) is 3.70. The maximum absolute atomic E-state index is 12.6. The molecule has 1 aromatic carbocycles. The molecule has 0 amide bonds. The van der Waals surface area contributed by atoms with Crippen molar-refractivity contribution in [2.45, 2.75) is 32.4 Å².